The maximum atomic E-state index is 11.2. The van der Waals surface area contributed by atoms with Crippen LogP contribution in [0.25, 0.3) is 0 Å². The molecule has 0 radical (unpaired) electrons. The smallest absolute Gasteiger partial charge is 0.271 e. The standard InChI is InChI=1S/C11H18ClN3O2/c1-2-3-8(4-5-16)6-13-10-9(12)11(17)15-7-14-10/h7-8,16H,2-6H2,1H3,(H2,13,14,15,17). The normalized spacial score (nSPS) is 12.4. The molecule has 0 saturated heterocycles. The fourth-order valence-corrected chi connectivity index (χ4v) is 1.86. The molecule has 17 heavy (non-hydrogen) atoms. The Morgan fingerprint density at radius 1 is 1.59 bits per heavy atom. The van der Waals surface area contributed by atoms with Crippen LogP contribution in [0, 0.1) is 5.92 Å². The van der Waals surface area contributed by atoms with Gasteiger partial charge in [-0.25, -0.2) is 4.98 Å². The monoisotopic (exact) mass is 259 g/mol. The minimum absolute atomic E-state index is 0.0757. The summed E-state index contributed by atoms with van der Waals surface area (Å²) in [6, 6.07) is 0. The molecule has 0 aliphatic rings. The molecule has 0 spiro atoms. The van der Waals surface area contributed by atoms with E-state index in [1.54, 1.807) is 0 Å². The fraction of sp³-hybridized carbons (Fsp3) is 0.636. The van der Waals surface area contributed by atoms with E-state index >= 15 is 0 Å². The van der Waals surface area contributed by atoms with Gasteiger partial charge in [0.15, 0.2) is 5.82 Å². The highest BCUT2D eigenvalue weighted by molar-refractivity contribution is 6.32. The van der Waals surface area contributed by atoms with E-state index in [4.69, 9.17) is 16.7 Å². The molecule has 1 aromatic rings. The van der Waals surface area contributed by atoms with Gasteiger partial charge in [-0.15, -0.1) is 0 Å². The van der Waals surface area contributed by atoms with Crippen LogP contribution in [0.2, 0.25) is 5.02 Å². The van der Waals surface area contributed by atoms with E-state index in [9.17, 15) is 4.79 Å². The van der Waals surface area contributed by atoms with Crippen molar-refractivity contribution in [3.05, 3.63) is 21.7 Å². The summed E-state index contributed by atoms with van der Waals surface area (Å²) in [4.78, 5) is 17.6. The fourth-order valence-electron chi connectivity index (χ4n) is 1.69. The number of aliphatic hydroxyl groups is 1. The van der Waals surface area contributed by atoms with Crippen LogP contribution in [0.1, 0.15) is 26.2 Å². The van der Waals surface area contributed by atoms with E-state index in [1.165, 1.54) is 6.33 Å². The molecule has 0 amide bonds. The molecule has 1 atom stereocenters. The molecular formula is C11H18ClN3O2. The van der Waals surface area contributed by atoms with Crippen molar-refractivity contribution < 1.29 is 5.11 Å². The van der Waals surface area contributed by atoms with Crippen molar-refractivity contribution in [3.63, 3.8) is 0 Å². The second kappa shape index (κ2) is 7.29. The van der Waals surface area contributed by atoms with Gasteiger partial charge >= 0.3 is 0 Å². The number of aromatic nitrogens is 2. The van der Waals surface area contributed by atoms with Crippen LogP contribution >= 0.6 is 11.6 Å². The third kappa shape index (κ3) is 4.36. The van der Waals surface area contributed by atoms with Crippen LogP contribution in [-0.2, 0) is 0 Å². The molecule has 0 saturated carbocycles. The summed E-state index contributed by atoms with van der Waals surface area (Å²) in [6.07, 6.45) is 4.14. The van der Waals surface area contributed by atoms with E-state index in [2.05, 4.69) is 22.2 Å². The van der Waals surface area contributed by atoms with Crippen molar-refractivity contribution in [3.8, 4) is 0 Å². The van der Waals surface area contributed by atoms with Gasteiger partial charge in [0, 0.05) is 13.2 Å². The SMILES string of the molecule is CCCC(CCO)CNc1nc[nH]c(=O)c1Cl. The van der Waals surface area contributed by atoms with Crippen LogP contribution in [0.5, 0.6) is 0 Å². The summed E-state index contributed by atoms with van der Waals surface area (Å²) in [7, 11) is 0. The van der Waals surface area contributed by atoms with Crippen LogP contribution in [0.3, 0.4) is 0 Å². The van der Waals surface area contributed by atoms with Gasteiger partial charge in [0.05, 0.1) is 6.33 Å². The van der Waals surface area contributed by atoms with Crippen molar-refractivity contribution in [2.45, 2.75) is 26.2 Å². The topological polar surface area (TPSA) is 78.0 Å². The minimum atomic E-state index is -0.349. The molecule has 1 rings (SSSR count). The number of anilines is 1. The average molecular weight is 260 g/mol. The molecule has 1 unspecified atom stereocenters. The Balaban J connectivity index is 2.58. The minimum Gasteiger partial charge on any atom is -0.396 e. The number of nitrogens with zero attached hydrogens (tertiary/aromatic N) is 1. The summed E-state index contributed by atoms with van der Waals surface area (Å²) in [6.45, 7) is 2.93. The molecule has 3 N–H and O–H groups in total. The Labute approximate surface area is 105 Å². The van der Waals surface area contributed by atoms with Gasteiger partial charge in [0.2, 0.25) is 0 Å². The first-order valence-electron chi connectivity index (χ1n) is 5.77. The maximum absolute atomic E-state index is 11.2. The third-order valence-corrected chi connectivity index (χ3v) is 2.94. The molecule has 0 aliphatic carbocycles. The lowest BCUT2D eigenvalue weighted by molar-refractivity contribution is 0.255. The first-order valence-corrected chi connectivity index (χ1v) is 6.14. The largest absolute Gasteiger partial charge is 0.396 e. The molecule has 0 aromatic carbocycles. The summed E-state index contributed by atoms with van der Waals surface area (Å²) in [5.74, 6) is 0.761. The number of aliphatic hydroxyl groups excluding tert-OH is 1. The van der Waals surface area contributed by atoms with Gasteiger partial charge < -0.3 is 15.4 Å². The lowest BCUT2D eigenvalue weighted by Gasteiger charge is -2.16. The Kier molecular flexibility index (Phi) is 6.00. The zero-order chi connectivity index (χ0) is 12.7. The van der Waals surface area contributed by atoms with Gasteiger partial charge in [-0.05, 0) is 18.8 Å². The summed E-state index contributed by atoms with van der Waals surface area (Å²) in [5.41, 5.74) is -0.349. The van der Waals surface area contributed by atoms with Gasteiger partial charge in [-0.2, -0.15) is 0 Å². The highest BCUT2D eigenvalue weighted by atomic mass is 35.5. The van der Waals surface area contributed by atoms with Crippen LogP contribution in [-0.4, -0.2) is 28.2 Å². The molecular weight excluding hydrogens is 242 g/mol. The summed E-state index contributed by atoms with van der Waals surface area (Å²) >= 11 is 5.81. The van der Waals surface area contributed by atoms with Gasteiger partial charge in [-0.1, -0.05) is 24.9 Å². The maximum Gasteiger partial charge on any atom is 0.271 e. The number of H-pyrrole nitrogens is 1. The average Bonchev–Trinajstić information content (AvgIpc) is 2.31. The number of hydrogen-bond acceptors (Lipinski definition) is 4. The molecule has 1 heterocycles. The zero-order valence-corrected chi connectivity index (χ0v) is 10.6. The Morgan fingerprint density at radius 2 is 2.35 bits per heavy atom. The highest BCUT2D eigenvalue weighted by Crippen LogP contribution is 2.15. The van der Waals surface area contributed by atoms with Gasteiger partial charge in [0.1, 0.15) is 5.02 Å². The molecule has 0 bridgehead atoms. The van der Waals surface area contributed by atoms with Gasteiger partial charge in [0.25, 0.3) is 5.56 Å². The Hall–Kier alpha value is -1.07. The van der Waals surface area contributed by atoms with Crippen molar-refractivity contribution in [2.24, 2.45) is 5.92 Å². The van der Waals surface area contributed by atoms with Crippen LogP contribution in [0.15, 0.2) is 11.1 Å². The van der Waals surface area contributed by atoms with Crippen molar-refractivity contribution in [1.29, 1.82) is 0 Å². The third-order valence-electron chi connectivity index (χ3n) is 2.59. The van der Waals surface area contributed by atoms with Crippen molar-refractivity contribution >= 4 is 17.4 Å². The first kappa shape index (κ1) is 14.0. The predicted molar refractivity (Wildman–Crippen MR) is 68.5 cm³/mol. The molecule has 0 aliphatic heterocycles. The Morgan fingerprint density at radius 3 is 3.00 bits per heavy atom. The highest BCUT2D eigenvalue weighted by Gasteiger charge is 2.10. The van der Waals surface area contributed by atoms with Crippen LogP contribution in [0.4, 0.5) is 5.82 Å². The molecule has 6 heteroatoms. The van der Waals surface area contributed by atoms with Crippen LogP contribution < -0.4 is 10.9 Å². The summed E-state index contributed by atoms with van der Waals surface area (Å²) < 4.78 is 0. The number of nitrogens with one attached hydrogen (secondary N) is 2. The van der Waals surface area contributed by atoms with E-state index in [-0.39, 0.29) is 17.2 Å². The second-order valence-electron chi connectivity index (χ2n) is 3.94. The quantitative estimate of drug-likeness (QED) is 0.696. The Bertz CT molecular complexity index is 389. The zero-order valence-electron chi connectivity index (χ0n) is 9.87. The van der Waals surface area contributed by atoms with E-state index in [0.717, 1.165) is 19.3 Å². The number of hydrogen-bond donors (Lipinski definition) is 3. The summed E-state index contributed by atoms with van der Waals surface area (Å²) in [5, 5.41) is 12.1. The van der Waals surface area contributed by atoms with E-state index < -0.39 is 0 Å². The molecule has 5 nitrogen and oxygen atoms in total. The molecule has 0 fully saturated rings. The van der Waals surface area contributed by atoms with Crippen molar-refractivity contribution in [2.75, 3.05) is 18.5 Å². The predicted octanol–water partition coefficient (Wildman–Crippen LogP) is 1.63. The van der Waals surface area contributed by atoms with Crippen molar-refractivity contribution in [1.82, 2.24) is 9.97 Å². The number of halogens is 1. The number of rotatable bonds is 7. The van der Waals surface area contributed by atoms with Gasteiger partial charge in [-0.3, -0.25) is 4.79 Å². The number of aromatic amines is 1. The van der Waals surface area contributed by atoms with E-state index in [0.29, 0.717) is 18.3 Å². The molecule has 1 aromatic heterocycles. The lowest BCUT2D eigenvalue weighted by atomic mass is 10.0. The first-order chi connectivity index (χ1) is 8.19. The lowest BCUT2D eigenvalue weighted by Crippen LogP contribution is -2.18. The second-order valence-corrected chi connectivity index (χ2v) is 4.32. The molecule has 96 valence electrons. The van der Waals surface area contributed by atoms with E-state index in [1.807, 2.05) is 0 Å².